The van der Waals surface area contributed by atoms with Crippen molar-refractivity contribution in [3.63, 3.8) is 0 Å². The van der Waals surface area contributed by atoms with Gasteiger partial charge in [0.25, 0.3) is 0 Å². The first-order valence-corrected chi connectivity index (χ1v) is 6.71. The second-order valence-electron chi connectivity index (χ2n) is 5.11. The predicted octanol–water partition coefficient (Wildman–Crippen LogP) is 3.83. The van der Waals surface area contributed by atoms with Crippen LogP contribution in [0, 0.1) is 16.7 Å². The zero-order valence-corrected chi connectivity index (χ0v) is 12.5. The lowest BCUT2D eigenvalue weighted by molar-refractivity contribution is 0.336. The number of para-hydroxylation sites is 1. The van der Waals surface area contributed by atoms with Crippen molar-refractivity contribution < 1.29 is 4.74 Å². The van der Waals surface area contributed by atoms with E-state index >= 15 is 0 Å². The lowest BCUT2D eigenvalue weighted by Crippen LogP contribution is -2.29. The summed E-state index contributed by atoms with van der Waals surface area (Å²) in [4.78, 5) is 0. The third-order valence-corrected chi connectivity index (χ3v) is 4.09. The van der Waals surface area contributed by atoms with Gasteiger partial charge in [-0.2, -0.15) is 5.26 Å². The molecule has 1 heterocycles. The molecular formula is C15H15BrN2O. The minimum absolute atomic E-state index is 0.156. The molecule has 0 spiro atoms. The maximum Gasteiger partial charge on any atom is 0.205 e. The zero-order chi connectivity index (χ0) is 14.2. The van der Waals surface area contributed by atoms with Crippen molar-refractivity contribution in [3.8, 4) is 11.8 Å². The van der Waals surface area contributed by atoms with Crippen molar-refractivity contribution >= 4 is 15.9 Å². The Hall–Kier alpha value is -1.73. The van der Waals surface area contributed by atoms with Crippen LogP contribution in [0.4, 0.5) is 0 Å². The smallest absolute Gasteiger partial charge is 0.205 e. The first-order chi connectivity index (χ1) is 8.92. The Morgan fingerprint density at radius 1 is 1.53 bits per heavy atom. The predicted molar refractivity (Wildman–Crippen MR) is 78.3 cm³/mol. The first-order valence-electron chi connectivity index (χ1n) is 5.92. The number of nitriles is 1. The van der Waals surface area contributed by atoms with Crippen LogP contribution in [-0.2, 0) is 0 Å². The van der Waals surface area contributed by atoms with Crippen molar-refractivity contribution in [3.05, 3.63) is 52.3 Å². The van der Waals surface area contributed by atoms with Crippen LogP contribution in [0.1, 0.15) is 25.3 Å². The summed E-state index contributed by atoms with van der Waals surface area (Å²) in [5.74, 6) is 0.692. The van der Waals surface area contributed by atoms with E-state index in [1.165, 1.54) is 0 Å². The molecule has 0 bridgehead atoms. The standard InChI is InChI=1S/C15H15BrN2O/c1-4-15(2,3)12-9-6-5-7-11(16)13(9)19-14(18)10(12)8-17/h4-7,12H,1,18H2,2-3H3. The quantitative estimate of drug-likeness (QED) is 0.843. The molecule has 1 aliphatic rings. The summed E-state index contributed by atoms with van der Waals surface area (Å²) < 4.78 is 6.42. The third-order valence-electron chi connectivity index (χ3n) is 3.47. The Morgan fingerprint density at radius 2 is 2.21 bits per heavy atom. The normalized spacial score (nSPS) is 18.3. The number of nitrogens with zero attached hydrogens (tertiary/aromatic N) is 1. The molecule has 1 atom stereocenters. The number of rotatable bonds is 2. The highest BCUT2D eigenvalue weighted by molar-refractivity contribution is 9.10. The number of nitrogens with two attached hydrogens (primary N) is 1. The highest BCUT2D eigenvalue weighted by Crippen LogP contribution is 2.50. The Labute approximate surface area is 121 Å². The molecule has 3 nitrogen and oxygen atoms in total. The second-order valence-corrected chi connectivity index (χ2v) is 5.96. The largest absolute Gasteiger partial charge is 0.439 e. The van der Waals surface area contributed by atoms with Crippen LogP contribution in [0.5, 0.6) is 5.75 Å². The minimum Gasteiger partial charge on any atom is -0.439 e. The highest BCUT2D eigenvalue weighted by Gasteiger charge is 2.39. The molecule has 98 valence electrons. The van der Waals surface area contributed by atoms with E-state index < -0.39 is 0 Å². The second kappa shape index (κ2) is 4.75. The summed E-state index contributed by atoms with van der Waals surface area (Å²) >= 11 is 3.46. The van der Waals surface area contributed by atoms with Gasteiger partial charge in [0.1, 0.15) is 11.8 Å². The molecule has 0 fully saturated rings. The van der Waals surface area contributed by atoms with Crippen LogP contribution in [-0.4, -0.2) is 0 Å². The van der Waals surface area contributed by atoms with Crippen molar-refractivity contribution in [2.45, 2.75) is 19.8 Å². The summed E-state index contributed by atoms with van der Waals surface area (Å²) in [5, 5.41) is 9.37. The molecule has 19 heavy (non-hydrogen) atoms. The summed E-state index contributed by atoms with van der Waals surface area (Å²) in [6.45, 7) is 7.94. The van der Waals surface area contributed by atoms with Gasteiger partial charge < -0.3 is 10.5 Å². The number of hydrogen-bond donors (Lipinski definition) is 1. The molecule has 4 heteroatoms. The number of allylic oxidation sites excluding steroid dienone is 2. The van der Waals surface area contributed by atoms with Crippen LogP contribution >= 0.6 is 15.9 Å². The maximum absolute atomic E-state index is 9.37. The molecule has 1 unspecified atom stereocenters. The molecule has 0 saturated heterocycles. The van der Waals surface area contributed by atoms with Crippen LogP contribution in [0.15, 0.2) is 46.8 Å². The van der Waals surface area contributed by atoms with Crippen molar-refractivity contribution in [2.75, 3.05) is 0 Å². The van der Waals surface area contributed by atoms with Crippen molar-refractivity contribution in [1.29, 1.82) is 5.26 Å². The molecule has 0 radical (unpaired) electrons. The van der Waals surface area contributed by atoms with E-state index in [9.17, 15) is 5.26 Å². The topological polar surface area (TPSA) is 59.0 Å². The van der Waals surface area contributed by atoms with E-state index in [0.717, 1.165) is 10.0 Å². The van der Waals surface area contributed by atoms with Crippen LogP contribution in [0.3, 0.4) is 0 Å². The fourth-order valence-electron chi connectivity index (χ4n) is 2.33. The molecule has 2 N–H and O–H groups in total. The molecule has 2 rings (SSSR count). The van der Waals surface area contributed by atoms with Gasteiger partial charge in [-0.25, -0.2) is 0 Å². The van der Waals surface area contributed by atoms with Crippen LogP contribution in [0.2, 0.25) is 0 Å². The first kappa shape index (κ1) is 13.7. The zero-order valence-electron chi connectivity index (χ0n) is 10.9. The lowest BCUT2D eigenvalue weighted by Gasteiger charge is -2.36. The Kier molecular flexibility index (Phi) is 3.42. The van der Waals surface area contributed by atoms with Gasteiger partial charge in [0.05, 0.1) is 10.0 Å². The fraction of sp³-hybridized carbons (Fsp3) is 0.267. The van der Waals surface area contributed by atoms with Crippen LogP contribution in [0.25, 0.3) is 0 Å². The molecule has 0 aliphatic carbocycles. The van der Waals surface area contributed by atoms with Gasteiger partial charge in [-0.1, -0.05) is 32.1 Å². The summed E-state index contributed by atoms with van der Waals surface area (Å²) in [6.07, 6.45) is 1.85. The van der Waals surface area contributed by atoms with Gasteiger partial charge in [0.2, 0.25) is 5.88 Å². The van der Waals surface area contributed by atoms with Gasteiger partial charge in [-0.3, -0.25) is 0 Å². The lowest BCUT2D eigenvalue weighted by atomic mass is 9.70. The molecule has 0 saturated carbocycles. The highest BCUT2D eigenvalue weighted by atomic mass is 79.9. The van der Waals surface area contributed by atoms with E-state index in [1.807, 2.05) is 38.1 Å². The van der Waals surface area contributed by atoms with Gasteiger partial charge >= 0.3 is 0 Å². The number of hydrogen-bond acceptors (Lipinski definition) is 3. The van der Waals surface area contributed by atoms with Crippen molar-refractivity contribution in [2.24, 2.45) is 11.1 Å². The average molecular weight is 319 g/mol. The third kappa shape index (κ3) is 2.15. The van der Waals surface area contributed by atoms with E-state index in [4.69, 9.17) is 10.5 Å². The van der Waals surface area contributed by atoms with E-state index in [0.29, 0.717) is 11.3 Å². The van der Waals surface area contributed by atoms with Gasteiger partial charge in [0.15, 0.2) is 0 Å². The van der Waals surface area contributed by atoms with E-state index in [1.54, 1.807) is 0 Å². The molecule has 1 aromatic rings. The van der Waals surface area contributed by atoms with Gasteiger partial charge in [-0.05, 0) is 27.4 Å². The van der Waals surface area contributed by atoms with Crippen LogP contribution < -0.4 is 10.5 Å². The summed E-state index contributed by atoms with van der Waals surface area (Å²) in [5.41, 5.74) is 7.00. The molecule has 0 amide bonds. The molecule has 1 aromatic carbocycles. The minimum atomic E-state index is -0.297. The number of benzene rings is 1. The summed E-state index contributed by atoms with van der Waals surface area (Å²) in [6, 6.07) is 7.95. The number of fused-ring (bicyclic) bond motifs is 1. The monoisotopic (exact) mass is 318 g/mol. The van der Waals surface area contributed by atoms with Crippen molar-refractivity contribution in [1.82, 2.24) is 0 Å². The SMILES string of the molecule is C=CC(C)(C)C1C(C#N)=C(N)Oc2c(Br)cccc21. The fourth-order valence-corrected chi connectivity index (χ4v) is 2.80. The maximum atomic E-state index is 9.37. The van der Waals surface area contributed by atoms with Gasteiger partial charge in [-0.15, -0.1) is 6.58 Å². The number of halogens is 1. The Bertz CT molecular complexity index is 611. The van der Waals surface area contributed by atoms with E-state index in [2.05, 4.69) is 28.6 Å². The average Bonchev–Trinajstić information content (AvgIpc) is 2.38. The van der Waals surface area contributed by atoms with Gasteiger partial charge in [0, 0.05) is 11.5 Å². The molecule has 0 aromatic heterocycles. The summed E-state index contributed by atoms with van der Waals surface area (Å²) in [7, 11) is 0. The Morgan fingerprint density at radius 3 is 2.79 bits per heavy atom. The van der Waals surface area contributed by atoms with E-state index in [-0.39, 0.29) is 17.2 Å². The molecular weight excluding hydrogens is 304 g/mol. The Balaban J connectivity index is 2.73. The molecule has 1 aliphatic heterocycles. The number of ether oxygens (including phenoxy) is 1.